The summed E-state index contributed by atoms with van der Waals surface area (Å²) in [6.07, 6.45) is 10.2. The quantitative estimate of drug-likeness (QED) is 0.415. The predicted molar refractivity (Wildman–Crippen MR) is 48.1 cm³/mol. The molecule has 0 aromatic heterocycles. The van der Waals surface area contributed by atoms with Gasteiger partial charge in [-0.1, -0.05) is 13.0 Å². The maximum atomic E-state index is 3.21. The molecule has 1 rings (SSSR count). The number of hydrogen-bond acceptors (Lipinski definition) is 1. The fraction of sp³-hybridized carbons (Fsp3) is 0.286. The first-order valence-electron chi connectivity index (χ1n) is 2.88. The lowest BCUT2D eigenvalue weighted by atomic mass is 10.2. The van der Waals surface area contributed by atoms with Gasteiger partial charge in [0.1, 0.15) is 3.55 Å². The van der Waals surface area contributed by atoms with Crippen LogP contribution in [0.2, 0.25) is 0 Å². The number of halogens is 1. The normalized spacial score (nSPS) is 32.2. The minimum atomic E-state index is 0.0481. The number of alkyl halides is 1. The lowest BCUT2D eigenvalue weighted by Crippen LogP contribution is -2.33. The molecule has 0 spiro atoms. The molecule has 1 aliphatic heterocycles. The van der Waals surface area contributed by atoms with Gasteiger partial charge < -0.3 is 5.32 Å². The van der Waals surface area contributed by atoms with Crippen molar-refractivity contribution in [3.05, 3.63) is 30.8 Å². The SMILES string of the molecule is C[CH]C1(I)C=CC=CN1. The summed E-state index contributed by atoms with van der Waals surface area (Å²) in [6, 6.07) is 0. The van der Waals surface area contributed by atoms with E-state index in [4.69, 9.17) is 0 Å². The van der Waals surface area contributed by atoms with Crippen molar-refractivity contribution in [1.29, 1.82) is 0 Å². The lowest BCUT2D eigenvalue weighted by Gasteiger charge is -2.24. The standard InChI is InChI=1S/C7H9IN/c1-2-7(8)5-3-4-6-9-7/h2-6,9H,1H3. The van der Waals surface area contributed by atoms with E-state index in [1.165, 1.54) is 0 Å². The van der Waals surface area contributed by atoms with Gasteiger partial charge in [-0.2, -0.15) is 0 Å². The monoisotopic (exact) mass is 234 g/mol. The molecule has 1 N–H and O–H groups in total. The molecule has 1 heterocycles. The molecule has 2 heteroatoms. The highest BCUT2D eigenvalue weighted by molar-refractivity contribution is 14.1. The lowest BCUT2D eigenvalue weighted by molar-refractivity contribution is 0.752. The van der Waals surface area contributed by atoms with Gasteiger partial charge in [0.2, 0.25) is 0 Å². The van der Waals surface area contributed by atoms with Crippen molar-refractivity contribution in [3.8, 4) is 0 Å². The molecular formula is C7H9IN. The van der Waals surface area contributed by atoms with Crippen LogP contribution >= 0.6 is 22.6 Å². The van der Waals surface area contributed by atoms with Gasteiger partial charge >= 0.3 is 0 Å². The minimum absolute atomic E-state index is 0.0481. The fourth-order valence-electron chi connectivity index (χ4n) is 0.655. The van der Waals surface area contributed by atoms with E-state index in [9.17, 15) is 0 Å². The van der Waals surface area contributed by atoms with Gasteiger partial charge in [0, 0.05) is 0 Å². The van der Waals surface area contributed by atoms with Crippen LogP contribution in [-0.4, -0.2) is 3.55 Å². The Morgan fingerprint density at radius 1 is 1.56 bits per heavy atom. The van der Waals surface area contributed by atoms with Crippen LogP contribution in [0, 0.1) is 6.42 Å². The second-order valence-corrected chi connectivity index (χ2v) is 3.70. The second kappa shape index (κ2) is 2.73. The molecule has 0 fully saturated rings. The van der Waals surface area contributed by atoms with Gasteiger partial charge in [0.05, 0.1) is 0 Å². The van der Waals surface area contributed by atoms with E-state index in [1.807, 2.05) is 25.3 Å². The topological polar surface area (TPSA) is 12.0 Å². The number of dihydropyridines is 1. The number of hydrogen-bond donors (Lipinski definition) is 1. The minimum Gasteiger partial charge on any atom is -0.373 e. The van der Waals surface area contributed by atoms with Gasteiger partial charge in [0.25, 0.3) is 0 Å². The van der Waals surface area contributed by atoms with E-state index in [0.29, 0.717) is 0 Å². The van der Waals surface area contributed by atoms with Crippen molar-refractivity contribution in [2.45, 2.75) is 10.5 Å². The van der Waals surface area contributed by atoms with E-state index < -0.39 is 0 Å². The predicted octanol–water partition coefficient (Wildman–Crippen LogP) is 2.01. The van der Waals surface area contributed by atoms with Crippen LogP contribution in [-0.2, 0) is 0 Å². The molecule has 0 aliphatic carbocycles. The second-order valence-electron chi connectivity index (χ2n) is 1.92. The molecule has 1 unspecified atom stereocenters. The van der Waals surface area contributed by atoms with Crippen molar-refractivity contribution in [2.24, 2.45) is 0 Å². The van der Waals surface area contributed by atoms with Crippen LogP contribution in [0.25, 0.3) is 0 Å². The molecule has 0 saturated carbocycles. The third kappa shape index (κ3) is 1.71. The molecule has 0 saturated heterocycles. The number of allylic oxidation sites excluding steroid dienone is 2. The third-order valence-electron chi connectivity index (χ3n) is 1.27. The largest absolute Gasteiger partial charge is 0.373 e. The molecule has 1 nitrogen and oxygen atoms in total. The summed E-state index contributed by atoms with van der Waals surface area (Å²) in [5.74, 6) is 0. The zero-order valence-corrected chi connectivity index (χ0v) is 7.42. The Balaban J connectivity index is 2.63. The van der Waals surface area contributed by atoms with Gasteiger partial charge in [-0.05, 0) is 47.4 Å². The maximum Gasteiger partial charge on any atom is 0.110 e. The Bertz CT molecular complexity index is 151. The average Bonchev–Trinajstić information content (AvgIpc) is 1.90. The molecule has 0 bridgehead atoms. The maximum absolute atomic E-state index is 3.21. The first kappa shape index (κ1) is 7.12. The van der Waals surface area contributed by atoms with Crippen molar-refractivity contribution in [3.63, 3.8) is 0 Å². The average molecular weight is 234 g/mol. The first-order valence-corrected chi connectivity index (χ1v) is 3.96. The third-order valence-corrected chi connectivity index (χ3v) is 2.56. The highest BCUT2D eigenvalue weighted by Crippen LogP contribution is 2.21. The van der Waals surface area contributed by atoms with Crippen LogP contribution in [0.1, 0.15) is 6.92 Å². The Kier molecular flexibility index (Phi) is 2.16. The van der Waals surface area contributed by atoms with Crippen molar-refractivity contribution in [2.75, 3.05) is 0 Å². The summed E-state index contributed by atoms with van der Waals surface area (Å²) in [7, 11) is 0. The first-order chi connectivity index (χ1) is 4.27. The molecular weight excluding hydrogens is 225 g/mol. The zero-order chi connectivity index (χ0) is 6.74. The van der Waals surface area contributed by atoms with E-state index in [2.05, 4.69) is 40.4 Å². The van der Waals surface area contributed by atoms with Crippen LogP contribution < -0.4 is 5.32 Å². The molecule has 9 heavy (non-hydrogen) atoms. The summed E-state index contributed by atoms with van der Waals surface area (Å²) < 4.78 is 0.0481. The number of rotatable bonds is 1. The van der Waals surface area contributed by atoms with Crippen molar-refractivity contribution in [1.82, 2.24) is 5.32 Å². The molecule has 0 aromatic carbocycles. The summed E-state index contributed by atoms with van der Waals surface area (Å²) in [5.41, 5.74) is 0. The molecule has 0 aromatic rings. The molecule has 1 radical (unpaired) electrons. The van der Waals surface area contributed by atoms with Crippen molar-refractivity contribution >= 4 is 22.6 Å². The van der Waals surface area contributed by atoms with Gasteiger partial charge in [0.15, 0.2) is 0 Å². The van der Waals surface area contributed by atoms with E-state index in [-0.39, 0.29) is 3.55 Å². The highest BCUT2D eigenvalue weighted by atomic mass is 127. The van der Waals surface area contributed by atoms with Crippen molar-refractivity contribution < 1.29 is 0 Å². The molecule has 49 valence electrons. The fourth-order valence-corrected chi connectivity index (χ4v) is 1.04. The Labute approximate surface area is 69.4 Å². The zero-order valence-electron chi connectivity index (χ0n) is 5.26. The summed E-state index contributed by atoms with van der Waals surface area (Å²) >= 11 is 2.35. The van der Waals surface area contributed by atoms with E-state index in [0.717, 1.165) is 0 Å². The van der Waals surface area contributed by atoms with Crippen LogP contribution in [0.15, 0.2) is 24.4 Å². The smallest absolute Gasteiger partial charge is 0.110 e. The molecule has 0 amide bonds. The van der Waals surface area contributed by atoms with Crippen LogP contribution in [0.5, 0.6) is 0 Å². The van der Waals surface area contributed by atoms with Gasteiger partial charge in [-0.25, -0.2) is 0 Å². The van der Waals surface area contributed by atoms with E-state index in [1.54, 1.807) is 0 Å². The molecule has 1 aliphatic rings. The summed E-state index contributed by atoms with van der Waals surface area (Å²) in [4.78, 5) is 0. The van der Waals surface area contributed by atoms with Gasteiger partial charge in [-0.3, -0.25) is 0 Å². The van der Waals surface area contributed by atoms with Crippen LogP contribution in [0.4, 0.5) is 0 Å². The van der Waals surface area contributed by atoms with Crippen LogP contribution in [0.3, 0.4) is 0 Å². The Morgan fingerprint density at radius 2 is 2.33 bits per heavy atom. The Hall–Kier alpha value is 0.01000. The van der Waals surface area contributed by atoms with E-state index >= 15 is 0 Å². The van der Waals surface area contributed by atoms with Gasteiger partial charge in [-0.15, -0.1) is 0 Å². The Morgan fingerprint density at radius 3 is 2.67 bits per heavy atom. The highest BCUT2D eigenvalue weighted by Gasteiger charge is 2.18. The molecule has 1 atom stereocenters. The summed E-state index contributed by atoms with van der Waals surface area (Å²) in [5, 5.41) is 3.21. The summed E-state index contributed by atoms with van der Waals surface area (Å²) in [6.45, 7) is 2.04. The number of nitrogens with one attached hydrogen (secondary N) is 1.